The third-order valence-corrected chi connectivity index (χ3v) is 7.36. The van der Waals surface area contributed by atoms with E-state index in [0.717, 1.165) is 25.7 Å². The molecule has 0 aliphatic rings. The lowest BCUT2D eigenvalue weighted by molar-refractivity contribution is -0.118. The Labute approximate surface area is 205 Å². The second-order valence-electron chi connectivity index (χ2n) is 7.49. The van der Waals surface area contributed by atoms with Gasteiger partial charge in [-0.25, -0.2) is 10.4 Å². The van der Waals surface area contributed by atoms with E-state index in [0.29, 0.717) is 12.4 Å². The molecule has 0 aliphatic heterocycles. The van der Waals surface area contributed by atoms with Gasteiger partial charge in [0.1, 0.15) is 12.4 Å². The number of hydrogen-bond acceptors (Lipinski definition) is 6. The standard InChI is InChI=1S/C27H21N3O2S2/c31-26(18-33-27-29-23-13-4-6-15-25(23)34-27)30-28-16-20-9-2-5-14-24(20)32-17-21-11-7-10-19-8-1-3-12-22(19)21/h1-16H,17-18H2,(H,30,31)/b28-16+. The van der Waals surface area contributed by atoms with Gasteiger partial charge in [0.25, 0.3) is 5.91 Å². The Morgan fingerprint density at radius 2 is 1.76 bits per heavy atom. The van der Waals surface area contributed by atoms with Crippen molar-refractivity contribution in [1.29, 1.82) is 0 Å². The molecule has 4 aromatic carbocycles. The fourth-order valence-corrected chi connectivity index (χ4v) is 5.40. The van der Waals surface area contributed by atoms with Crippen molar-refractivity contribution in [3.63, 3.8) is 0 Å². The van der Waals surface area contributed by atoms with Gasteiger partial charge in [0.15, 0.2) is 4.34 Å². The molecule has 0 bridgehead atoms. The Morgan fingerprint density at radius 1 is 0.971 bits per heavy atom. The van der Waals surface area contributed by atoms with Crippen molar-refractivity contribution in [2.45, 2.75) is 10.9 Å². The number of thioether (sulfide) groups is 1. The molecule has 5 aromatic rings. The molecule has 0 aliphatic carbocycles. The van der Waals surface area contributed by atoms with Crippen molar-refractivity contribution in [1.82, 2.24) is 10.4 Å². The van der Waals surface area contributed by atoms with Crippen molar-refractivity contribution in [2.24, 2.45) is 5.10 Å². The van der Waals surface area contributed by atoms with Crippen molar-refractivity contribution >= 4 is 56.2 Å². The van der Waals surface area contributed by atoms with Gasteiger partial charge < -0.3 is 4.74 Å². The summed E-state index contributed by atoms with van der Waals surface area (Å²) in [5.74, 6) is 0.767. The summed E-state index contributed by atoms with van der Waals surface area (Å²) in [4.78, 5) is 16.8. The zero-order chi connectivity index (χ0) is 23.2. The average Bonchev–Trinajstić information content (AvgIpc) is 3.30. The molecular formula is C27H21N3O2S2. The molecule has 5 rings (SSSR count). The normalized spacial score (nSPS) is 11.3. The zero-order valence-corrected chi connectivity index (χ0v) is 19.8. The van der Waals surface area contributed by atoms with Gasteiger partial charge in [-0.1, -0.05) is 78.5 Å². The van der Waals surface area contributed by atoms with E-state index in [4.69, 9.17) is 4.74 Å². The Morgan fingerprint density at radius 3 is 2.71 bits per heavy atom. The van der Waals surface area contributed by atoms with Gasteiger partial charge in [-0.15, -0.1) is 11.3 Å². The van der Waals surface area contributed by atoms with Crippen molar-refractivity contribution in [2.75, 3.05) is 5.75 Å². The SMILES string of the molecule is O=C(CSc1nc2ccccc2s1)N/N=C/c1ccccc1OCc1cccc2ccccc12. The molecular weight excluding hydrogens is 462 g/mol. The highest BCUT2D eigenvalue weighted by Crippen LogP contribution is 2.29. The molecule has 0 spiro atoms. The summed E-state index contributed by atoms with van der Waals surface area (Å²) in [6, 6.07) is 30.1. The number of fused-ring (bicyclic) bond motifs is 2. The molecule has 0 saturated heterocycles. The summed E-state index contributed by atoms with van der Waals surface area (Å²) in [5, 5.41) is 6.49. The van der Waals surface area contributed by atoms with E-state index in [2.05, 4.69) is 39.8 Å². The van der Waals surface area contributed by atoms with Crippen LogP contribution in [0.4, 0.5) is 0 Å². The Kier molecular flexibility index (Phi) is 6.84. The fraction of sp³-hybridized carbons (Fsp3) is 0.0741. The van der Waals surface area contributed by atoms with Crippen LogP contribution in [0.1, 0.15) is 11.1 Å². The third-order valence-electron chi connectivity index (χ3n) is 5.18. The number of carbonyl (C=O) groups is 1. The van der Waals surface area contributed by atoms with Crippen LogP contribution in [-0.2, 0) is 11.4 Å². The number of nitrogens with one attached hydrogen (secondary N) is 1. The molecule has 7 heteroatoms. The van der Waals surface area contributed by atoms with Gasteiger partial charge in [-0.2, -0.15) is 5.10 Å². The second kappa shape index (κ2) is 10.5. The summed E-state index contributed by atoms with van der Waals surface area (Å²) in [7, 11) is 0. The smallest absolute Gasteiger partial charge is 0.250 e. The first-order chi connectivity index (χ1) is 16.8. The first-order valence-electron chi connectivity index (χ1n) is 10.7. The van der Waals surface area contributed by atoms with Crippen LogP contribution in [0.5, 0.6) is 5.75 Å². The number of nitrogens with zero attached hydrogens (tertiary/aromatic N) is 2. The molecule has 5 nitrogen and oxygen atoms in total. The Balaban J connectivity index is 1.18. The highest BCUT2D eigenvalue weighted by atomic mass is 32.2. The quantitative estimate of drug-likeness (QED) is 0.160. The number of benzene rings is 4. The zero-order valence-electron chi connectivity index (χ0n) is 18.2. The number of rotatable bonds is 8. The monoisotopic (exact) mass is 483 g/mol. The minimum absolute atomic E-state index is 0.185. The largest absolute Gasteiger partial charge is 0.488 e. The second-order valence-corrected chi connectivity index (χ2v) is 9.75. The molecule has 0 saturated carbocycles. The van der Waals surface area contributed by atoms with Gasteiger partial charge in [0.05, 0.1) is 22.2 Å². The molecule has 34 heavy (non-hydrogen) atoms. The molecule has 0 unspecified atom stereocenters. The van der Waals surface area contributed by atoms with Crippen molar-refractivity contribution in [3.05, 3.63) is 102 Å². The Bertz CT molecular complexity index is 1440. The van der Waals surface area contributed by atoms with E-state index in [1.807, 2.05) is 66.7 Å². The number of ether oxygens (including phenoxy) is 1. The highest BCUT2D eigenvalue weighted by Gasteiger charge is 2.08. The summed E-state index contributed by atoms with van der Waals surface area (Å²) in [6.45, 7) is 0.442. The molecule has 1 heterocycles. The number of hydrazone groups is 1. The summed E-state index contributed by atoms with van der Waals surface area (Å²) >= 11 is 2.99. The van der Waals surface area contributed by atoms with Crippen LogP contribution in [-0.4, -0.2) is 22.9 Å². The lowest BCUT2D eigenvalue weighted by Gasteiger charge is -2.11. The molecule has 0 fully saturated rings. The van der Waals surface area contributed by atoms with E-state index in [-0.39, 0.29) is 11.7 Å². The van der Waals surface area contributed by atoms with Crippen LogP contribution in [0, 0.1) is 0 Å². The van der Waals surface area contributed by atoms with E-state index in [9.17, 15) is 4.79 Å². The van der Waals surface area contributed by atoms with Crippen molar-refractivity contribution in [3.8, 4) is 5.75 Å². The minimum Gasteiger partial charge on any atom is -0.488 e. The molecule has 168 valence electrons. The van der Waals surface area contributed by atoms with E-state index >= 15 is 0 Å². The maximum atomic E-state index is 12.2. The van der Waals surface area contributed by atoms with E-state index < -0.39 is 0 Å². The van der Waals surface area contributed by atoms with Crippen LogP contribution in [0.15, 0.2) is 100 Å². The lowest BCUT2D eigenvalue weighted by atomic mass is 10.1. The predicted molar refractivity (Wildman–Crippen MR) is 141 cm³/mol. The molecule has 1 N–H and O–H groups in total. The molecule has 0 radical (unpaired) electrons. The fourth-order valence-electron chi connectivity index (χ4n) is 3.54. The highest BCUT2D eigenvalue weighted by molar-refractivity contribution is 8.01. The van der Waals surface area contributed by atoms with Crippen LogP contribution < -0.4 is 10.2 Å². The molecule has 0 atom stereocenters. The van der Waals surface area contributed by atoms with Crippen LogP contribution >= 0.6 is 23.1 Å². The van der Waals surface area contributed by atoms with Crippen LogP contribution in [0.25, 0.3) is 21.0 Å². The third kappa shape index (κ3) is 5.27. The van der Waals surface area contributed by atoms with Gasteiger partial charge in [-0.3, -0.25) is 4.79 Å². The topological polar surface area (TPSA) is 63.6 Å². The minimum atomic E-state index is -0.185. The number of para-hydroxylation sites is 2. The van der Waals surface area contributed by atoms with Gasteiger partial charge in [-0.05, 0) is 40.6 Å². The maximum Gasteiger partial charge on any atom is 0.250 e. The van der Waals surface area contributed by atoms with Crippen LogP contribution in [0.2, 0.25) is 0 Å². The van der Waals surface area contributed by atoms with Crippen LogP contribution in [0.3, 0.4) is 0 Å². The first-order valence-corrected chi connectivity index (χ1v) is 12.6. The number of aromatic nitrogens is 1. The maximum absolute atomic E-state index is 12.2. The van der Waals surface area contributed by atoms with Gasteiger partial charge in [0.2, 0.25) is 0 Å². The summed E-state index contributed by atoms with van der Waals surface area (Å²) in [5.41, 5.74) is 5.45. The molecule has 1 aromatic heterocycles. The number of hydrogen-bond donors (Lipinski definition) is 1. The van der Waals surface area contributed by atoms with Crippen molar-refractivity contribution < 1.29 is 9.53 Å². The van der Waals surface area contributed by atoms with E-state index in [1.165, 1.54) is 22.5 Å². The lowest BCUT2D eigenvalue weighted by Crippen LogP contribution is -2.19. The average molecular weight is 484 g/mol. The Hall–Kier alpha value is -3.68. The predicted octanol–water partition coefficient (Wildman–Crippen LogP) is 6.27. The summed E-state index contributed by atoms with van der Waals surface area (Å²) < 4.78 is 8.09. The van der Waals surface area contributed by atoms with Gasteiger partial charge in [0, 0.05) is 5.56 Å². The number of thiazole rings is 1. The van der Waals surface area contributed by atoms with E-state index in [1.54, 1.807) is 17.6 Å². The van der Waals surface area contributed by atoms with Gasteiger partial charge >= 0.3 is 0 Å². The molecule has 1 amide bonds. The first kappa shape index (κ1) is 22.1. The summed E-state index contributed by atoms with van der Waals surface area (Å²) in [6.07, 6.45) is 1.61. The number of carbonyl (C=O) groups excluding carboxylic acids is 1. The number of amides is 1.